The molecule has 126 valence electrons. The molecule has 0 spiro atoms. The van der Waals surface area contributed by atoms with E-state index in [1.165, 1.54) is 17.7 Å². The largest absolute Gasteiger partial charge is 0.379 e. The summed E-state index contributed by atoms with van der Waals surface area (Å²) in [5.74, 6) is -0.209. The van der Waals surface area contributed by atoms with Gasteiger partial charge in [0.15, 0.2) is 0 Å². The van der Waals surface area contributed by atoms with E-state index in [0.717, 1.165) is 12.1 Å². The van der Waals surface area contributed by atoms with Crippen molar-refractivity contribution < 1.29 is 9.13 Å². The van der Waals surface area contributed by atoms with Gasteiger partial charge in [0.25, 0.3) is 0 Å². The minimum atomic E-state index is -0.209. The molecular weight excluding hydrogens is 291 g/mol. The Labute approximate surface area is 138 Å². The molecule has 1 aromatic heterocycles. The quantitative estimate of drug-likeness (QED) is 0.742. The van der Waals surface area contributed by atoms with E-state index in [2.05, 4.69) is 45.9 Å². The zero-order valence-electron chi connectivity index (χ0n) is 14.8. The normalized spacial score (nSPS) is 12.6. The molecule has 0 atom stereocenters. The second kappa shape index (κ2) is 6.83. The first-order valence-corrected chi connectivity index (χ1v) is 8.05. The van der Waals surface area contributed by atoms with Crippen LogP contribution in [0.15, 0.2) is 36.7 Å². The fourth-order valence-electron chi connectivity index (χ4n) is 2.34. The van der Waals surface area contributed by atoms with Gasteiger partial charge in [-0.2, -0.15) is 5.10 Å². The third-order valence-electron chi connectivity index (χ3n) is 4.05. The van der Waals surface area contributed by atoms with Crippen molar-refractivity contribution in [2.75, 3.05) is 13.2 Å². The number of nitrogens with zero attached hydrogens (tertiary/aromatic N) is 2. The van der Waals surface area contributed by atoms with Crippen LogP contribution in [0.1, 0.15) is 45.7 Å². The molecule has 1 heterocycles. The molecule has 23 heavy (non-hydrogen) atoms. The van der Waals surface area contributed by atoms with Gasteiger partial charge in [-0.15, -0.1) is 0 Å². The summed E-state index contributed by atoms with van der Waals surface area (Å²) in [6.45, 7) is 12.7. The van der Waals surface area contributed by atoms with E-state index >= 15 is 0 Å². The number of hydrogen-bond acceptors (Lipinski definition) is 2. The minimum Gasteiger partial charge on any atom is -0.379 e. The van der Waals surface area contributed by atoms with Crippen LogP contribution in [-0.2, 0) is 22.1 Å². The van der Waals surface area contributed by atoms with E-state index in [1.54, 1.807) is 0 Å². The number of hydrogen-bond donors (Lipinski definition) is 0. The van der Waals surface area contributed by atoms with Crippen LogP contribution in [0.4, 0.5) is 4.39 Å². The molecule has 0 unspecified atom stereocenters. The lowest BCUT2D eigenvalue weighted by Crippen LogP contribution is -2.25. The summed E-state index contributed by atoms with van der Waals surface area (Å²) in [6.07, 6.45) is 4.00. The maximum Gasteiger partial charge on any atom is 0.123 e. The van der Waals surface area contributed by atoms with Crippen LogP contribution in [0.2, 0.25) is 0 Å². The fraction of sp³-hybridized carbons (Fsp3) is 0.526. The molecule has 0 aliphatic carbocycles. The Morgan fingerprint density at radius 2 is 1.70 bits per heavy atom. The Kier molecular flexibility index (Phi) is 5.25. The van der Waals surface area contributed by atoms with Gasteiger partial charge in [-0.3, -0.25) is 4.68 Å². The molecule has 0 bridgehead atoms. The van der Waals surface area contributed by atoms with Gasteiger partial charge in [-0.25, -0.2) is 4.39 Å². The summed E-state index contributed by atoms with van der Waals surface area (Å²) in [5, 5.41) is 4.38. The van der Waals surface area contributed by atoms with Gasteiger partial charge in [0, 0.05) is 11.6 Å². The topological polar surface area (TPSA) is 27.1 Å². The smallest absolute Gasteiger partial charge is 0.123 e. The van der Waals surface area contributed by atoms with Gasteiger partial charge >= 0.3 is 0 Å². The van der Waals surface area contributed by atoms with E-state index in [0.29, 0.717) is 13.2 Å². The van der Waals surface area contributed by atoms with Crippen LogP contribution >= 0.6 is 0 Å². The Morgan fingerprint density at radius 3 is 2.26 bits per heavy atom. The molecule has 0 aliphatic rings. The Bertz CT molecular complexity index is 624. The molecule has 0 saturated carbocycles. The second-order valence-corrected chi connectivity index (χ2v) is 7.69. The summed E-state index contributed by atoms with van der Waals surface area (Å²) in [6, 6.07) is 6.63. The Morgan fingerprint density at radius 1 is 1.04 bits per heavy atom. The highest BCUT2D eigenvalue weighted by atomic mass is 19.1. The van der Waals surface area contributed by atoms with E-state index in [4.69, 9.17) is 4.74 Å². The second-order valence-electron chi connectivity index (χ2n) is 7.69. The number of benzene rings is 1. The van der Waals surface area contributed by atoms with Gasteiger partial charge in [-0.05, 0) is 28.7 Å². The minimum absolute atomic E-state index is 0.115. The molecule has 0 amide bonds. The van der Waals surface area contributed by atoms with Crippen molar-refractivity contribution in [2.24, 2.45) is 0 Å². The van der Waals surface area contributed by atoms with Crippen molar-refractivity contribution in [3.8, 4) is 0 Å². The Balaban J connectivity index is 1.82. The van der Waals surface area contributed by atoms with E-state index in [-0.39, 0.29) is 16.6 Å². The van der Waals surface area contributed by atoms with Crippen LogP contribution in [-0.4, -0.2) is 23.0 Å². The first-order valence-electron chi connectivity index (χ1n) is 8.05. The van der Waals surface area contributed by atoms with Crippen LogP contribution < -0.4 is 0 Å². The molecule has 2 rings (SSSR count). The molecule has 2 aromatic rings. The molecule has 0 N–H and O–H groups in total. The zero-order chi connectivity index (χ0) is 17.1. The van der Waals surface area contributed by atoms with Crippen LogP contribution in [0.5, 0.6) is 0 Å². The zero-order valence-corrected chi connectivity index (χ0v) is 14.8. The van der Waals surface area contributed by atoms with Crippen LogP contribution in [0.3, 0.4) is 0 Å². The van der Waals surface area contributed by atoms with Gasteiger partial charge in [0.2, 0.25) is 0 Å². The van der Waals surface area contributed by atoms with E-state index in [1.807, 2.05) is 23.0 Å². The fourth-order valence-corrected chi connectivity index (χ4v) is 2.34. The average Bonchev–Trinajstić information content (AvgIpc) is 2.93. The first kappa shape index (κ1) is 17.7. The molecule has 0 radical (unpaired) electrons. The lowest BCUT2D eigenvalue weighted by molar-refractivity contribution is 0.0867. The summed E-state index contributed by atoms with van der Waals surface area (Å²) < 4.78 is 20.8. The highest BCUT2D eigenvalue weighted by Crippen LogP contribution is 2.24. The highest BCUT2D eigenvalue weighted by molar-refractivity contribution is 5.24. The van der Waals surface area contributed by atoms with Gasteiger partial charge < -0.3 is 4.74 Å². The summed E-state index contributed by atoms with van der Waals surface area (Å²) in [5.41, 5.74) is 2.27. The van der Waals surface area contributed by atoms with Gasteiger partial charge in [0.05, 0.1) is 26.0 Å². The monoisotopic (exact) mass is 318 g/mol. The number of aromatic nitrogens is 2. The van der Waals surface area contributed by atoms with Crippen LogP contribution in [0.25, 0.3) is 0 Å². The predicted octanol–water partition coefficient (Wildman–Crippen LogP) is 4.31. The molecule has 4 heteroatoms. The molecule has 1 aromatic carbocycles. The van der Waals surface area contributed by atoms with Gasteiger partial charge in [-0.1, -0.05) is 46.8 Å². The number of ether oxygens (including phenoxy) is 1. The molecule has 0 fully saturated rings. The van der Waals surface area contributed by atoms with Crippen molar-refractivity contribution in [1.82, 2.24) is 9.78 Å². The van der Waals surface area contributed by atoms with E-state index < -0.39 is 0 Å². The first-order chi connectivity index (χ1) is 10.7. The Hall–Kier alpha value is -1.68. The molecule has 0 aliphatic heterocycles. The maximum atomic E-state index is 13.0. The van der Waals surface area contributed by atoms with Gasteiger partial charge in [0.1, 0.15) is 5.82 Å². The van der Waals surface area contributed by atoms with E-state index in [9.17, 15) is 4.39 Å². The third kappa shape index (κ3) is 4.90. The van der Waals surface area contributed by atoms with Crippen molar-refractivity contribution in [3.05, 3.63) is 53.6 Å². The van der Waals surface area contributed by atoms with Crippen molar-refractivity contribution in [1.29, 1.82) is 0 Å². The predicted molar refractivity (Wildman–Crippen MR) is 91.2 cm³/mol. The molecular formula is C19H27FN2O. The highest BCUT2D eigenvalue weighted by Gasteiger charge is 2.21. The average molecular weight is 318 g/mol. The summed E-state index contributed by atoms with van der Waals surface area (Å²) >= 11 is 0. The number of rotatable bonds is 6. The lowest BCUT2D eigenvalue weighted by atomic mass is 9.85. The van der Waals surface area contributed by atoms with Crippen molar-refractivity contribution in [2.45, 2.75) is 52.0 Å². The van der Waals surface area contributed by atoms with Crippen molar-refractivity contribution in [3.63, 3.8) is 0 Å². The standard InChI is InChI=1S/C19H27FN2O/c1-18(2,3)16-12-21-22(13-16)10-11-23-14-19(4,5)15-6-8-17(20)9-7-15/h6-9,12-13H,10-11,14H2,1-5H3. The van der Waals surface area contributed by atoms with Crippen LogP contribution in [0, 0.1) is 5.82 Å². The number of halogens is 1. The lowest BCUT2D eigenvalue weighted by Gasteiger charge is -2.25. The third-order valence-corrected chi connectivity index (χ3v) is 4.05. The summed E-state index contributed by atoms with van der Waals surface area (Å²) in [7, 11) is 0. The van der Waals surface area contributed by atoms with Crippen molar-refractivity contribution >= 4 is 0 Å². The molecule has 3 nitrogen and oxygen atoms in total. The molecule has 0 saturated heterocycles. The SMILES string of the molecule is CC(C)(C)c1cnn(CCOCC(C)(C)c2ccc(F)cc2)c1. The summed E-state index contributed by atoms with van der Waals surface area (Å²) in [4.78, 5) is 0. The maximum absolute atomic E-state index is 13.0.